The van der Waals surface area contributed by atoms with E-state index in [1.807, 2.05) is 35.2 Å². The van der Waals surface area contributed by atoms with E-state index in [-0.39, 0.29) is 24.3 Å². The van der Waals surface area contributed by atoms with E-state index in [0.717, 1.165) is 18.7 Å². The van der Waals surface area contributed by atoms with Crippen LogP contribution in [0.4, 0.5) is 5.69 Å². The summed E-state index contributed by atoms with van der Waals surface area (Å²) in [6.07, 6.45) is 0. The van der Waals surface area contributed by atoms with Crippen LogP contribution >= 0.6 is 11.3 Å². The normalized spacial score (nSPS) is 21.4. The van der Waals surface area contributed by atoms with E-state index in [1.54, 1.807) is 17.5 Å². The smallest absolute Gasteiger partial charge is 0.252 e. The van der Waals surface area contributed by atoms with E-state index < -0.39 is 10.0 Å². The number of carbonyl (C=O) groups excluding carboxylic acids is 1. The Morgan fingerprint density at radius 1 is 0.886 bits per heavy atom. The SMILES string of the molecule is Cc1ccc(N2CCN(C(=O)C3CN(S(=O)(=O)c4cccs4)CC3c3ccccc3)CC2)cc1C. The Bertz CT molecular complexity index is 1280. The molecule has 1 aromatic heterocycles. The lowest BCUT2D eigenvalue weighted by Gasteiger charge is -2.38. The molecule has 2 aromatic carbocycles. The molecule has 5 rings (SSSR count). The number of carbonyl (C=O) groups is 1. The van der Waals surface area contributed by atoms with Crippen LogP contribution in [0, 0.1) is 19.8 Å². The van der Waals surface area contributed by atoms with Gasteiger partial charge in [0.2, 0.25) is 5.91 Å². The van der Waals surface area contributed by atoms with Gasteiger partial charge in [-0.1, -0.05) is 42.5 Å². The van der Waals surface area contributed by atoms with Crippen molar-refractivity contribution in [2.24, 2.45) is 5.92 Å². The summed E-state index contributed by atoms with van der Waals surface area (Å²) in [5, 5.41) is 1.77. The number of hydrogen-bond acceptors (Lipinski definition) is 5. The molecule has 2 atom stereocenters. The lowest BCUT2D eigenvalue weighted by Crippen LogP contribution is -2.51. The number of rotatable bonds is 5. The molecule has 2 fully saturated rings. The minimum absolute atomic E-state index is 0.0578. The highest BCUT2D eigenvalue weighted by Crippen LogP contribution is 2.37. The molecule has 2 aliphatic rings. The summed E-state index contributed by atoms with van der Waals surface area (Å²) in [4.78, 5) is 18.0. The number of piperazine rings is 1. The fourth-order valence-corrected chi connectivity index (χ4v) is 7.77. The zero-order chi connectivity index (χ0) is 24.6. The monoisotopic (exact) mass is 509 g/mol. The second-order valence-electron chi connectivity index (χ2n) is 9.46. The van der Waals surface area contributed by atoms with Crippen LogP contribution in [0.5, 0.6) is 0 Å². The third kappa shape index (κ3) is 4.75. The molecule has 2 unspecified atom stereocenters. The summed E-state index contributed by atoms with van der Waals surface area (Å²) in [6, 6.07) is 19.8. The molecule has 0 radical (unpaired) electrons. The topological polar surface area (TPSA) is 60.9 Å². The van der Waals surface area contributed by atoms with Gasteiger partial charge in [-0.25, -0.2) is 8.42 Å². The Hall–Kier alpha value is -2.68. The Morgan fingerprint density at radius 2 is 1.63 bits per heavy atom. The van der Waals surface area contributed by atoms with Gasteiger partial charge in [-0.3, -0.25) is 4.79 Å². The molecule has 3 heterocycles. The number of amides is 1. The molecular formula is C27H31N3O3S2. The molecule has 1 amide bonds. The molecule has 2 aliphatic heterocycles. The first-order valence-corrected chi connectivity index (χ1v) is 14.4. The lowest BCUT2D eigenvalue weighted by molar-refractivity contribution is -0.135. The van der Waals surface area contributed by atoms with Crippen molar-refractivity contribution in [3.05, 3.63) is 82.7 Å². The van der Waals surface area contributed by atoms with Gasteiger partial charge in [0.15, 0.2) is 0 Å². The minimum Gasteiger partial charge on any atom is -0.368 e. The second-order valence-corrected chi connectivity index (χ2v) is 12.6. The molecule has 0 aliphatic carbocycles. The maximum absolute atomic E-state index is 13.8. The molecule has 2 saturated heterocycles. The quantitative estimate of drug-likeness (QED) is 0.519. The van der Waals surface area contributed by atoms with Crippen molar-refractivity contribution < 1.29 is 13.2 Å². The number of hydrogen-bond donors (Lipinski definition) is 0. The summed E-state index contributed by atoms with van der Waals surface area (Å²) in [7, 11) is -3.61. The second kappa shape index (κ2) is 9.76. The summed E-state index contributed by atoms with van der Waals surface area (Å²) >= 11 is 1.22. The van der Waals surface area contributed by atoms with Gasteiger partial charge in [0, 0.05) is 50.9 Å². The summed E-state index contributed by atoms with van der Waals surface area (Å²) in [5.74, 6) is -0.487. The van der Waals surface area contributed by atoms with E-state index in [1.165, 1.54) is 32.5 Å². The van der Waals surface area contributed by atoms with Gasteiger partial charge in [-0.2, -0.15) is 4.31 Å². The fraction of sp³-hybridized carbons (Fsp3) is 0.370. The van der Waals surface area contributed by atoms with E-state index in [4.69, 9.17) is 0 Å². The van der Waals surface area contributed by atoms with E-state index in [2.05, 4.69) is 36.9 Å². The third-order valence-corrected chi connectivity index (χ3v) is 10.6. The van der Waals surface area contributed by atoms with Crippen LogP contribution in [0.25, 0.3) is 0 Å². The Morgan fingerprint density at radius 3 is 2.29 bits per heavy atom. The van der Waals surface area contributed by atoms with Crippen LogP contribution in [0.15, 0.2) is 70.3 Å². The number of nitrogens with zero attached hydrogens (tertiary/aromatic N) is 3. The van der Waals surface area contributed by atoms with Crippen LogP contribution in [-0.2, 0) is 14.8 Å². The molecule has 0 N–H and O–H groups in total. The highest BCUT2D eigenvalue weighted by molar-refractivity contribution is 7.91. The number of benzene rings is 2. The van der Waals surface area contributed by atoms with Gasteiger partial charge >= 0.3 is 0 Å². The summed E-state index contributed by atoms with van der Waals surface area (Å²) in [6.45, 7) is 7.60. The number of aryl methyl sites for hydroxylation is 2. The van der Waals surface area contributed by atoms with E-state index in [9.17, 15) is 13.2 Å². The van der Waals surface area contributed by atoms with Crippen LogP contribution in [-0.4, -0.2) is 62.8 Å². The molecule has 0 bridgehead atoms. The predicted molar refractivity (Wildman–Crippen MR) is 140 cm³/mol. The Kier molecular flexibility index (Phi) is 6.70. The largest absolute Gasteiger partial charge is 0.368 e. The van der Waals surface area contributed by atoms with Crippen LogP contribution in [0.1, 0.15) is 22.6 Å². The highest BCUT2D eigenvalue weighted by atomic mass is 32.2. The highest BCUT2D eigenvalue weighted by Gasteiger charge is 2.45. The van der Waals surface area contributed by atoms with Crippen LogP contribution in [0.3, 0.4) is 0 Å². The van der Waals surface area contributed by atoms with Crippen molar-refractivity contribution in [1.29, 1.82) is 0 Å². The van der Waals surface area contributed by atoms with Gasteiger partial charge in [-0.15, -0.1) is 11.3 Å². The van der Waals surface area contributed by atoms with Crippen molar-refractivity contribution in [2.45, 2.75) is 24.0 Å². The van der Waals surface area contributed by atoms with Crippen molar-refractivity contribution in [1.82, 2.24) is 9.21 Å². The van der Waals surface area contributed by atoms with E-state index >= 15 is 0 Å². The Balaban J connectivity index is 1.34. The van der Waals surface area contributed by atoms with Crippen molar-refractivity contribution >= 4 is 33.0 Å². The first-order valence-electron chi connectivity index (χ1n) is 12.0. The van der Waals surface area contributed by atoms with Crippen molar-refractivity contribution in [3.63, 3.8) is 0 Å². The lowest BCUT2D eigenvalue weighted by atomic mass is 9.88. The Labute approximate surface area is 211 Å². The zero-order valence-electron chi connectivity index (χ0n) is 20.1. The van der Waals surface area contributed by atoms with Gasteiger partial charge in [-0.05, 0) is 54.1 Å². The third-order valence-electron chi connectivity index (χ3n) is 7.37. The number of thiophene rings is 1. The van der Waals surface area contributed by atoms with Gasteiger partial charge in [0.25, 0.3) is 10.0 Å². The molecule has 35 heavy (non-hydrogen) atoms. The molecular weight excluding hydrogens is 478 g/mol. The fourth-order valence-electron chi connectivity index (χ4n) is 5.13. The maximum Gasteiger partial charge on any atom is 0.252 e. The molecule has 3 aromatic rings. The number of anilines is 1. The molecule has 8 heteroatoms. The maximum atomic E-state index is 13.8. The van der Waals surface area contributed by atoms with Crippen molar-refractivity contribution in [3.8, 4) is 0 Å². The van der Waals surface area contributed by atoms with Crippen LogP contribution in [0.2, 0.25) is 0 Å². The molecule has 6 nitrogen and oxygen atoms in total. The average Bonchev–Trinajstić information content (AvgIpc) is 3.58. The average molecular weight is 510 g/mol. The van der Waals surface area contributed by atoms with E-state index in [0.29, 0.717) is 23.8 Å². The predicted octanol–water partition coefficient (Wildman–Crippen LogP) is 4.12. The van der Waals surface area contributed by atoms with Crippen molar-refractivity contribution in [2.75, 3.05) is 44.2 Å². The van der Waals surface area contributed by atoms with Gasteiger partial charge in [0.1, 0.15) is 4.21 Å². The number of sulfonamides is 1. The van der Waals surface area contributed by atoms with Crippen LogP contribution < -0.4 is 4.90 Å². The summed E-state index contributed by atoms with van der Waals surface area (Å²) < 4.78 is 28.4. The zero-order valence-corrected chi connectivity index (χ0v) is 21.8. The molecule has 0 saturated carbocycles. The standard InChI is InChI=1S/C27H31N3O3S2/c1-20-10-11-23(17-21(20)2)28-12-14-29(15-13-28)27(31)25-19-30(35(32,33)26-9-6-16-34-26)18-24(25)22-7-4-3-5-8-22/h3-11,16-17,24-25H,12-15,18-19H2,1-2H3. The minimum atomic E-state index is -3.61. The first-order chi connectivity index (χ1) is 16.8. The van der Waals surface area contributed by atoms with Gasteiger partial charge in [0.05, 0.1) is 5.92 Å². The molecule has 184 valence electrons. The van der Waals surface area contributed by atoms with Gasteiger partial charge < -0.3 is 9.80 Å². The first kappa shape index (κ1) is 24.0. The summed E-state index contributed by atoms with van der Waals surface area (Å²) in [5.41, 5.74) is 4.75. The molecule has 0 spiro atoms.